The van der Waals surface area contributed by atoms with E-state index in [1.165, 1.54) is 0 Å². The smallest absolute Gasteiger partial charge is 0.161 e. The van der Waals surface area contributed by atoms with Gasteiger partial charge in [0.15, 0.2) is 17.3 Å². The van der Waals surface area contributed by atoms with Crippen LogP contribution in [0.5, 0.6) is 17.2 Å². The molecule has 0 atom stereocenters. The van der Waals surface area contributed by atoms with Gasteiger partial charge in [0.1, 0.15) is 11.3 Å². The van der Waals surface area contributed by atoms with Crippen LogP contribution in [0.1, 0.15) is 16.9 Å². The lowest BCUT2D eigenvalue weighted by Gasteiger charge is -2.09. The van der Waals surface area contributed by atoms with Gasteiger partial charge >= 0.3 is 0 Å². The molecule has 1 heterocycles. The Morgan fingerprint density at radius 1 is 1.00 bits per heavy atom. The summed E-state index contributed by atoms with van der Waals surface area (Å²) in [6.07, 6.45) is 1.68. The molecule has 0 saturated carbocycles. The summed E-state index contributed by atoms with van der Waals surface area (Å²) in [6, 6.07) is 11.5. The van der Waals surface area contributed by atoms with E-state index in [9.17, 15) is 0 Å². The highest BCUT2D eigenvalue weighted by atomic mass is 16.5. The lowest BCUT2D eigenvalue weighted by molar-refractivity contribution is 0.354. The molecular formula is C20H22N2O4. The Kier molecular flexibility index (Phi) is 5.31. The average Bonchev–Trinajstić information content (AvgIpc) is 2.99. The van der Waals surface area contributed by atoms with Crippen molar-refractivity contribution in [1.82, 2.24) is 5.43 Å². The van der Waals surface area contributed by atoms with Crippen LogP contribution in [0.2, 0.25) is 0 Å². The van der Waals surface area contributed by atoms with Crippen molar-refractivity contribution in [2.24, 2.45) is 5.10 Å². The molecule has 0 fully saturated rings. The van der Waals surface area contributed by atoms with Gasteiger partial charge in [-0.2, -0.15) is 5.10 Å². The standard InChI is InChI=1S/C20H22N2O4/c1-13-16-7-6-15(23-2)10-18(16)26-20(13)12-22-21-11-14-5-8-17(24-3)19(9-14)25-4/h5-10,12,21H,11H2,1-4H3/b22-12+. The van der Waals surface area contributed by atoms with E-state index in [-0.39, 0.29) is 0 Å². The predicted octanol–water partition coefficient (Wildman–Crippen LogP) is 3.89. The van der Waals surface area contributed by atoms with Gasteiger partial charge in [0.2, 0.25) is 0 Å². The molecule has 136 valence electrons. The second-order valence-corrected chi connectivity index (χ2v) is 5.74. The monoisotopic (exact) mass is 354 g/mol. The minimum Gasteiger partial charge on any atom is -0.497 e. The number of benzene rings is 2. The van der Waals surface area contributed by atoms with Crippen LogP contribution in [-0.4, -0.2) is 27.5 Å². The Labute approximate surface area is 152 Å². The van der Waals surface area contributed by atoms with Crippen LogP contribution < -0.4 is 19.6 Å². The third-order valence-corrected chi connectivity index (χ3v) is 4.19. The lowest BCUT2D eigenvalue weighted by Crippen LogP contribution is -2.06. The van der Waals surface area contributed by atoms with E-state index in [2.05, 4.69) is 10.5 Å². The Bertz CT molecular complexity index is 931. The third-order valence-electron chi connectivity index (χ3n) is 4.19. The van der Waals surface area contributed by atoms with Gasteiger partial charge in [-0.3, -0.25) is 0 Å². The van der Waals surface area contributed by atoms with Crippen LogP contribution in [0.25, 0.3) is 11.0 Å². The Morgan fingerprint density at radius 3 is 2.54 bits per heavy atom. The molecule has 3 rings (SSSR count). The number of hydrazone groups is 1. The second-order valence-electron chi connectivity index (χ2n) is 5.74. The highest BCUT2D eigenvalue weighted by molar-refractivity contribution is 5.91. The first-order valence-electron chi connectivity index (χ1n) is 8.20. The summed E-state index contributed by atoms with van der Waals surface area (Å²) in [5.74, 6) is 2.88. The first-order valence-corrected chi connectivity index (χ1v) is 8.20. The molecule has 0 saturated heterocycles. The fourth-order valence-electron chi connectivity index (χ4n) is 2.71. The molecule has 6 nitrogen and oxygen atoms in total. The molecule has 0 bridgehead atoms. The zero-order valence-electron chi connectivity index (χ0n) is 15.3. The van der Waals surface area contributed by atoms with Crippen molar-refractivity contribution in [3.63, 3.8) is 0 Å². The van der Waals surface area contributed by atoms with E-state index in [0.29, 0.717) is 23.8 Å². The molecule has 0 spiro atoms. The number of fused-ring (bicyclic) bond motifs is 1. The molecule has 6 heteroatoms. The number of nitrogens with one attached hydrogen (secondary N) is 1. The molecular weight excluding hydrogens is 332 g/mol. The molecule has 0 radical (unpaired) electrons. The fourth-order valence-corrected chi connectivity index (χ4v) is 2.71. The van der Waals surface area contributed by atoms with Crippen LogP contribution in [0.3, 0.4) is 0 Å². The number of hydrogen-bond acceptors (Lipinski definition) is 6. The minimum absolute atomic E-state index is 0.559. The quantitative estimate of drug-likeness (QED) is 0.515. The highest BCUT2D eigenvalue weighted by Gasteiger charge is 2.09. The van der Waals surface area contributed by atoms with Crippen LogP contribution in [0, 0.1) is 6.92 Å². The van der Waals surface area contributed by atoms with Crippen LogP contribution in [-0.2, 0) is 6.54 Å². The van der Waals surface area contributed by atoms with E-state index in [0.717, 1.165) is 27.8 Å². The summed E-state index contributed by atoms with van der Waals surface area (Å²) in [4.78, 5) is 0. The highest BCUT2D eigenvalue weighted by Crippen LogP contribution is 2.28. The van der Waals surface area contributed by atoms with E-state index >= 15 is 0 Å². The Balaban J connectivity index is 1.69. The van der Waals surface area contributed by atoms with Gasteiger partial charge in [-0.05, 0) is 36.8 Å². The van der Waals surface area contributed by atoms with E-state index in [4.69, 9.17) is 18.6 Å². The van der Waals surface area contributed by atoms with Crippen molar-refractivity contribution in [3.05, 3.63) is 53.3 Å². The Morgan fingerprint density at radius 2 is 1.81 bits per heavy atom. The number of nitrogens with zero attached hydrogens (tertiary/aromatic N) is 1. The molecule has 0 aliphatic heterocycles. The molecule has 0 aliphatic carbocycles. The van der Waals surface area contributed by atoms with Gasteiger partial charge in [0, 0.05) is 17.0 Å². The number of aryl methyl sites for hydroxylation is 1. The maximum absolute atomic E-state index is 5.85. The summed E-state index contributed by atoms with van der Waals surface area (Å²) in [5, 5.41) is 5.31. The number of rotatable bonds is 7. The number of ether oxygens (including phenoxy) is 3. The van der Waals surface area contributed by atoms with Crippen molar-refractivity contribution in [3.8, 4) is 17.2 Å². The molecule has 2 aromatic carbocycles. The van der Waals surface area contributed by atoms with Crippen molar-refractivity contribution in [2.75, 3.05) is 21.3 Å². The summed E-state index contributed by atoms with van der Waals surface area (Å²) in [5.41, 5.74) is 5.88. The third kappa shape index (κ3) is 3.59. The van der Waals surface area contributed by atoms with Gasteiger partial charge in [-0.1, -0.05) is 6.07 Å². The summed E-state index contributed by atoms with van der Waals surface area (Å²) in [6.45, 7) is 2.57. The zero-order chi connectivity index (χ0) is 18.5. The number of furan rings is 1. The molecule has 0 unspecified atom stereocenters. The molecule has 3 aromatic rings. The number of methoxy groups -OCH3 is 3. The van der Waals surface area contributed by atoms with Gasteiger partial charge in [0.25, 0.3) is 0 Å². The zero-order valence-corrected chi connectivity index (χ0v) is 15.3. The fraction of sp³-hybridized carbons (Fsp3) is 0.250. The molecule has 26 heavy (non-hydrogen) atoms. The van der Waals surface area contributed by atoms with Gasteiger partial charge in [-0.25, -0.2) is 0 Å². The van der Waals surface area contributed by atoms with Crippen molar-refractivity contribution in [1.29, 1.82) is 0 Å². The molecule has 1 aromatic heterocycles. The van der Waals surface area contributed by atoms with Crippen molar-refractivity contribution in [2.45, 2.75) is 13.5 Å². The summed E-state index contributed by atoms with van der Waals surface area (Å²) < 4.78 is 21.6. The van der Waals surface area contributed by atoms with Crippen LogP contribution in [0.15, 0.2) is 45.9 Å². The summed E-state index contributed by atoms with van der Waals surface area (Å²) in [7, 11) is 4.87. The largest absolute Gasteiger partial charge is 0.497 e. The van der Waals surface area contributed by atoms with Crippen LogP contribution in [0.4, 0.5) is 0 Å². The summed E-state index contributed by atoms with van der Waals surface area (Å²) >= 11 is 0. The molecule has 0 aliphatic rings. The van der Waals surface area contributed by atoms with Gasteiger partial charge in [-0.15, -0.1) is 0 Å². The Hall–Kier alpha value is -3.15. The van der Waals surface area contributed by atoms with E-state index < -0.39 is 0 Å². The number of hydrogen-bond donors (Lipinski definition) is 1. The van der Waals surface area contributed by atoms with Gasteiger partial charge in [0.05, 0.1) is 34.1 Å². The second kappa shape index (κ2) is 7.82. The van der Waals surface area contributed by atoms with E-state index in [1.54, 1.807) is 27.5 Å². The maximum atomic E-state index is 5.85. The maximum Gasteiger partial charge on any atom is 0.161 e. The lowest BCUT2D eigenvalue weighted by atomic mass is 10.1. The minimum atomic E-state index is 0.559. The van der Waals surface area contributed by atoms with Crippen molar-refractivity contribution < 1.29 is 18.6 Å². The molecule has 0 amide bonds. The van der Waals surface area contributed by atoms with Crippen molar-refractivity contribution >= 4 is 17.2 Å². The topological polar surface area (TPSA) is 65.2 Å². The van der Waals surface area contributed by atoms with Crippen LogP contribution >= 0.6 is 0 Å². The SMILES string of the molecule is COc1ccc2c(C)c(/C=N/NCc3ccc(OC)c(OC)c3)oc2c1. The first-order chi connectivity index (χ1) is 12.7. The average molecular weight is 354 g/mol. The van der Waals surface area contributed by atoms with Gasteiger partial charge < -0.3 is 24.1 Å². The molecule has 1 N–H and O–H groups in total. The van der Waals surface area contributed by atoms with E-state index in [1.807, 2.05) is 43.3 Å². The predicted molar refractivity (Wildman–Crippen MR) is 101 cm³/mol. The normalized spacial score (nSPS) is 11.1. The first kappa shape index (κ1) is 17.7.